The second-order valence-electron chi connectivity index (χ2n) is 6.21. The fraction of sp³-hybridized carbons (Fsp3) is 0.750. The summed E-state index contributed by atoms with van der Waals surface area (Å²) in [7, 11) is 0. The van der Waals surface area contributed by atoms with E-state index >= 15 is 0 Å². The first-order valence-corrected chi connectivity index (χ1v) is 8.31. The van der Waals surface area contributed by atoms with E-state index in [1.54, 1.807) is 6.20 Å². The maximum absolute atomic E-state index is 12.2. The van der Waals surface area contributed by atoms with Crippen LogP contribution in [-0.2, 0) is 9.53 Å². The Balaban J connectivity index is 1.80. The number of nitriles is 1. The molecule has 0 aliphatic carbocycles. The Morgan fingerprint density at radius 3 is 2.61 bits per heavy atom. The number of carbonyl (C=O) groups is 1. The molecule has 2 N–H and O–H groups in total. The van der Waals surface area contributed by atoms with Gasteiger partial charge in [-0.05, 0) is 13.8 Å². The van der Waals surface area contributed by atoms with Crippen molar-refractivity contribution in [2.45, 2.75) is 26.1 Å². The van der Waals surface area contributed by atoms with E-state index in [-0.39, 0.29) is 23.7 Å². The first-order valence-electron chi connectivity index (χ1n) is 8.31. The second kappa shape index (κ2) is 8.87. The Morgan fingerprint density at radius 2 is 2.00 bits per heavy atom. The monoisotopic (exact) mass is 321 g/mol. The predicted octanol–water partition coefficient (Wildman–Crippen LogP) is -0.476. The van der Waals surface area contributed by atoms with E-state index in [1.807, 2.05) is 24.8 Å². The van der Waals surface area contributed by atoms with Crippen molar-refractivity contribution in [3.05, 3.63) is 11.8 Å². The van der Waals surface area contributed by atoms with E-state index in [1.165, 1.54) is 0 Å². The largest absolute Gasteiger partial charge is 0.372 e. The Hall–Kier alpha value is -1.62. The molecule has 128 valence electrons. The van der Waals surface area contributed by atoms with Gasteiger partial charge < -0.3 is 20.3 Å². The van der Waals surface area contributed by atoms with Crippen LogP contribution in [0.5, 0.6) is 0 Å². The van der Waals surface area contributed by atoms with Gasteiger partial charge in [0.05, 0.1) is 12.2 Å². The molecule has 0 aromatic rings. The fourth-order valence-electron chi connectivity index (χ4n) is 3.00. The minimum atomic E-state index is -0.297. The molecule has 0 aromatic carbocycles. The van der Waals surface area contributed by atoms with Crippen molar-refractivity contribution in [1.29, 1.82) is 5.26 Å². The fourth-order valence-corrected chi connectivity index (χ4v) is 3.00. The highest BCUT2D eigenvalue weighted by Crippen LogP contribution is 2.12. The number of ether oxygens (including phenoxy) is 1. The molecule has 2 aliphatic rings. The van der Waals surface area contributed by atoms with Crippen molar-refractivity contribution in [3.8, 4) is 6.07 Å². The minimum Gasteiger partial charge on any atom is -0.372 e. The molecule has 2 heterocycles. The van der Waals surface area contributed by atoms with E-state index in [9.17, 15) is 10.1 Å². The zero-order valence-corrected chi connectivity index (χ0v) is 14.0. The van der Waals surface area contributed by atoms with Crippen LogP contribution in [0.25, 0.3) is 0 Å². The van der Waals surface area contributed by atoms with Gasteiger partial charge in [-0.2, -0.15) is 5.26 Å². The van der Waals surface area contributed by atoms with Gasteiger partial charge in [0.2, 0.25) is 0 Å². The van der Waals surface area contributed by atoms with E-state index in [0.29, 0.717) is 19.6 Å². The molecule has 0 bridgehead atoms. The highest BCUT2D eigenvalue weighted by atomic mass is 16.5. The molecule has 23 heavy (non-hydrogen) atoms. The number of amides is 1. The van der Waals surface area contributed by atoms with Crippen molar-refractivity contribution < 1.29 is 9.53 Å². The van der Waals surface area contributed by atoms with E-state index in [0.717, 1.165) is 32.7 Å². The number of piperazine rings is 1. The Bertz CT molecular complexity index is 458. The van der Waals surface area contributed by atoms with Crippen LogP contribution in [0.15, 0.2) is 11.8 Å². The molecule has 0 spiro atoms. The Morgan fingerprint density at radius 1 is 1.35 bits per heavy atom. The topological polar surface area (TPSA) is 80.6 Å². The van der Waals surface area contributed by atoms with Gasteiger partial charge in [0.15, 0.2) is 0 Å². The minimum absolute atomic E-state index is 0.103. The maximum atomic E-state index is 12.2. The first-order chi connectivity index (χ1) is 11.1. The number of rotatable bonds is 5. The van der Waals surface area contributed by atoms with Crippen molar-refractivity contribution in [1.82, 2.24) is 20.4 Å². The van der Waals surface area contributed by atoms with Crippen molar-refractivity contribution in [2.75, 3.05) is 52.4 Å². The summed E-state index contributed by atoms with van der Waals surface area (Å²) in [6.45, 7) is 10.8. The standard InChI is InChI=1S/C16H27N5O2/c1-13-10-21(11-14(2)23-13)12-15(9-17)16(22)19-5-8-20-6-3-18-4-7-20/h12-14,18H,3-8,10-11H2,1-2H3,(H,19,22)/b15-12-. The quantitative estimate of drug-likeness (QED) is 0.526. The van der Waals surface area contributed by atoms with Crippen LogP contribution < -0.4 is 10.6 Å². The first kappa shape index (κ1) is 17.7. The van der Waals surface area contributed by atoms with Crippen LogP contribution in [0.1, 0.15) is 13.8 Å². The smallest absolute Gasteiger partial charge is 0.263 e. The lowest BCUT2D eigenvalue weighted by atomic mass is 10.2. The summed E-state index contributed by atoms with van der Waals surface area (Å²) in [5.74, 6) is -0.297. The number of nitrogens with zero attached hydrogens (tertiary/aromatic N) is 3. The van der Waals surface area contributed by atoms with Gasteiger partial charge in [-0.1, -0.05) is 0 Å². The molecule has 2 fully saturated rings. The molecule has 2 rings (SSSR count). The lowest BCUT2D eigenvalue weighted by Crippen LogP contribution is -2.46. The third-order valence-corrected chi connectivity index (χ3v) is 4.05. The van der Waals surface area contributed by atoms with Gasteiger partial charge in [-0.3, -0.25) is 9.69 Å². The molecule has 0 aromatic heterocycles. The van der Waals surface area contributed by atoms with E-state index in [4.69, 9.17) is 4.74 Å². The highest BCUT2D eigenvalue weighted by Gasteiger charge is 2.21. The number of hydrogen-bond acceptors (Lipinski definition) is 6. The summed E-state index contributed by atoms with van der Waals surface area (Å²) in [5, 5.41) is 15.4. The summed E-state index contributed by atoms with van der Waals surface area (Å²) in [6.07, 6.45) is 1.87. The van der Waals surface area contributed by atoms with Crippen molar-refractivity contribution in [2.24, 2.45) is 0 Å². The van der Waals surface area contributed by atoms with Gasteiger partial charge in [0.25, 0.3) is 5.91 Å². The van der Waals surface area contributed by atoms with Crippen LogP contribution in [0, 0.1) is 11.3 Å². The van der Waals surface area contributed by atoms with Gasteiger partial charge in [-0.25, -0.2) is 0 Å². The average molecular weight is 321 g/mol. The van der Waals surface area contributed by atoms with Gasteiger partial charge >= 0.3 is 0 Å². The lowest BCUT2D eigenvalue weighted by molar-refractivity contribution is -0.117. The van der Waals surface area contributed by atoms with Crippen LogP contribution >= 0.6 is 0 Å². The molecule has 2 unspecified atom stereocenters. The summed E-state index contributed by atoms with van der Waals surface area (Å²) in [5.41, 5.74) is 0.159. The summed E-state index contributed by atoms with van der Waals surface area (Å²) in [6, 6.07) is 2.01. The SMILES string of the molecule is CC1CN(/C=C(/C#N)C(=O)NCCN2CCNCC2)CC(C)O1. The van der Waals surface area contributed by atoms with Gasteiger partial charge in [0, 0.05) is 58.6 Å². The molecule has 2 saturated heterocycles. The zero-order chi connectivity index (χ0) is 16.7. The van der Waals surface area contributed by atoms with Crippen molar-refractivity contribution >= 4 is 5.91 Å². The second-order valence-corrected chi connectivity index (χ2v) is 6.21. The van der Waals surface area contributed by atoms with Crippen molar-refractivity contribution in [3.63, 3.8) is 0 Å². The van der Waals surface area contributed by atoms with Crippen LogP contribution in [0.2, 0.25) is 0 Å². The number of hydrogen-bond donors (Lipinski definition) is 2. The Labute approximate surface area is 138 Å². The molecule has 7 heteroatoms. The predicted molar refractivity (Wildman–Crippen MR) is 87.6 cm³/mol. The molecule has 2 atom stereocenters. The van der Waals surface area contributed by atoms with E-state index < -0.39 is 0 Å². The molecule has 1 amide bonds. The highest BCUT2D eigenvalue weighted by molar-refractivity contribution is 5.97. The molecule has 2 aliphatic heterocycles. The molecular formula is C16H27N5O2. The Kier molecular flexibility index (Phi) is 6.84. The molecule has 7 nitrogen and oxygen atoms in total. The lowest BCUT2D eigenvalue weighted by Gasteiger charge is -2.34. The number of carbonyl (C=O) groups excluding carboxylic acids is 1. The van der Waals surface area contributed by atoms with Crippen LogP contribution in [-0.4, -0.2) is 80.3 Å². The molecular weight excluding hydrogens is 294 g/mol. The zero-order valence-electron chi connectivity index (χ0n) is 14.0. The van der Waals surface area contributed by atoms with Gasteiger partial charge in [0.1, 0.15) is 11.6 Å². The number of nitrogens with one attached hydrogen (secondary N) is 2. The van der Waals surface area contributed by atoms with E-state index in [2.05, 4.69) is 15.5 Å². The third kappa shape index (κ3) is 5.82. The molecule has 0 radical (unpaired) electrons. The van der Waals surface area contributed by atoms with Crippen LogP contribution in [0.4, 0.5) is 0 Å². The molecule has 0 saturated carbocycles. The maximum Gasteiger partial charge on any atom is 0.263 e. The van der Waals surface area contributed by atoms with Crippen LogP contribution in [0.3, 0.4) is 0 Å². The summed E-state index contributed by atoms with van der Waals surface area (Å²) < 4.78 is 5.66. The number of morpholine rings is 1. The third-order valence-electron chi connectivity index (χ3n) is 4.05. The normalized spacial score (nSPS) is 26.7. The van der Waals surface area contributed by atoms with Gasteiger partial charge in [-0.15, -0.1) is 0 Å². The summed E-state index contributed by atoms with van der Waals surface area (Å²) in [4.78, 5) is 16.5. The summed E-state index contributed by atoms with van der Waals surface area (Å²) >= 11 is 0. The average Bonchev–Trinajstić information content (AvgIpc) is 2.52.